The number of hydrazone groups is 1. The van der Waals surface area contributed by atoms with E-state index in [9.17, 15) is 24.7 Å². The number of nitrogens with zero attached hydrogens (tertiary/aromatic N) is 3. The molecular weight excluding hydrogens is 1080 g/mol. The van der Waals surface area contributed by atoms with E-state index < -0.39 is 18.0 Å². The number of carbonyl (C=O) groups excluding carboxylic acids is 4. The smallest absolute Gasteiger partial charge is 0.330 e. The lowest BCUT2D eigenvalue weighted by molar-refractivity contribution is -0.296. The summed E-state index contributed by atoms with van der Waals surface area (Å²) in [6, 6.07) is 28.4. The molecule has 2 fully saturated rings. The van der Waals surface area contributed by atoms with Gasteiger partial charge in [-0.2, -0.15) is 9.99 Å². The van der Waals surface area contributed by atoms with Crippen molar-refractivity contribution >= 4 is 57.6 Å². The lowest BCUT2D eigenvalue weighted by Gasteiger charge is -2.32. The van der Waals surface area contributed by atoms with Crippen molar-refractivity contribution in [3.05, 3.63) is 127 Å². The maximum atomic E-state index is 13.7. The van der Waals surface area contributed by atoms with Crippen molar-refractivity contribution < 1.29 is 72.6 Å². The number of fused-ring (bicyclic) bond motifs is 1. The Morgan fingerprint density at radius 3 is 1.88 bits per heavy atom. The molecule has 5 aromatic rings. The van der Waals surface area contributed by atoms with Crippen LogP contribution in [-0.4, -0.2) is 98.5 Å². The van der Waals surface area contributed by atoms with Crippen molar-refractivity contribution in [2.24, 2.45) is 22.9 Å². The van der Waals surface area contributed by atoms with E-state index in [4.69, 9.17) is 58.0 Å². The fourth-order valence-corrected chi connectivity index (χ4v) is 10.8. The predicted octanol–water partition coefficient (Wildman–Crippen LogP) is 13.0. The summed E-state index contributed by atoms with van der Waals surface area (Å²) in [5.74, 6) is 1.94. The number of carbonyl (C=O) groups is 4. The highest BCUT2D eigenvalue weighted by molar-refractivity contribution is 7.22. The van der Waals surface area contributed by atoms with Gasteiger partial charge in [-0.25, -0.2) is 24.5 Å². The zero-order valence-corrected chi connectivity index (χ0v) is 48.3. The number of benzene rings is 4. The topological polar surface area (TPSA) is 220 Å². The van der Waals surface area contributed by atoms with E-state index in [0.717, 1.165) is 110 Å². The lowest BCUT2D eigenvalue weighted by Crippen LogP contribution is -2.30. The maximum absolute atomic E-state index is 13.7. The summed E-state index contributed by atoms with van der Waals surface area (Å²) in [5.41, 5.74) is 2.28. The van der Waals surface area contributed by atoms with Crippen LogP contribution < -0.4 is 28.8 Å². The van der Waals surface area contributed by atoms with Crippen LogP contribution in [0.25, 0.3) is 10.2 Å². The Bertz CT molecular complexity index is 2710. The van der Waals surface area contributed by atoms with Crippen LogP contribution in [0, 0.1) is 17.8 Å². The fraction of sp³-hybridized carbons (Fsp3) is 0.469. The Kier molecular flexibility index (Phi) is 29.1. The van der Waals surface area contributed by atoms with Crippen molar-refractivity contribution in [2.45, 2.75) is 128 Å². The standard InChI is InChI=1S/C63H79N3O14S.CH2O/c1-3-59(68)74-41-15-7-5-13-39-72-51-27-23-48(24-28-51)61(79-71)47-21-19-46(20-22-47)45-76-80-57-36-35-55(43-50(57)44-64-66(37-11-12-38-67)63-65-56-17-9-10-18-58(56)81-63)78-62(70)49-25-29-53(30-26-49)77-54-33-31-52(32-34-54)73-40-14-6-8-16-42-75-60(69)4-2;1-2/h3-4,9-10,17-18,23-24,27-28,31-36,43-44,46-47,49,53,61,67,71H,1-2,5-8,11-16,19-22,25-26,29-30,37-42,45H2;1H2/b64-44+;. The number of thiazole rings is 1. The molecule has 7 rings (SSSR count). The highest BCUT2D eigenvalue weighted by Crippen LogP contribution is 2.40. The Hall–Kier alpha value is -7.16. The summed E-state index contributed by atoms with van der Waals surface area (Å²) in [7, 11) is 0. The van der Waals surface area contributed by atoms with E-state index in [2.05, 4.69) is 13.2 Å². The van der Waals surface area contributed by atoms with Gasteiger partial charge in [-0.3, -0.25) is 10.1 Å². The molecule has 83 heavy (non-hydrogen) atoms. The Morgan fingerprint density at radius 1 is 0.687 bits per heavy atom. The molecule has 2 aliphatic rings. The fourth-order valence-electron chi connectivity index (χ4n) is 9.85. The first kappa shape index (κ1) is 65.0. The van der Waals surface area contributed by atoms with Crippen LogP contribution in [0.15, 0.2) is 121 Å². The number of aromatic nitrogens is 1. The number of aliphatic hydroxyl groups is 1. The van der Waals surface area contributed by atoms with Crippen LogP contribution in [0.4, 0.5) is 5.13 Å². The molecule has 1 heterocycles. The van der Waals surface area contributed by atoms with Gasteiger partial charge in [0.15, 0.2) is 5.75 Å². The molecule has 2 N–H and O–H groups in total. The van der Waals surface area contributed by atoms with Crippen molar-refractivity contribution in [1.82, 2.24) is 4.98 Å². The molecule has 0 bridgehead atoms. The van der Waals surface area contributed by atoms with Crippen LogP contribution in [0.5, 0.6) is 28.7 Å². The minimum Gasteiger partial charge on any atom is -0.494 e. The molecule has 0 radical (unpaired) electrons. The first-order valence-electron chi connectivity index (χ1n) is 28.9. The number of ether oxygens (including phenoxy) is 6. The Morgan fingerprint density at radius 2 is 1.28 bits per heavy atom. The van der Waals surface area contributed by atoms with Crippen molar-refractivity contribution in [2.75, 3.05) is 51.2 Å². The second-order valence-electron chi connectivity index (χ2n) is 20.5. The number of rotatable bonds is 36. The normalized spacial score (nSPS) is 17.1. The first-order valence-corrected chi connectivity index (χ1v) is 29.8. The number of aliphatic hydroxyl groups excluding tert-OH is 1. The van der Waals surface area contributed by atoms with Gasteiger partial charge in [0.2, 0.25) is 5.13 Å². The largest absolute Gasteiger partial charge is 0.494 e. The highest BCUT2D eigenvalue weighted by atomic mass is 32.1. The highest BCUT2D eigenvalue weighted by Gasteiger charge is 2.31. The summed E-state index contributed by atoms with van der Waals surface area (Å²) < 4.78 is 35.3. The average Bonchev–Trinajstić information content (AvgIpc) is 4.05. The summed E-state index contributed by atoms with van der Waals surface area (Å²) in [6.45, 7) is 11.7. The van der Waals surface area contributed by atoms with Crippen molar-refractivity contribution in [3.8, 4) is 28.7 Å². The minimum absolute atomic E-state index is 0.0316. The summed E-state index contributed by atoms with van der Waals surface area (Å²) >= 11 is 1.53. The second-order valence-corrected chi connectivity index (χ2v) is 21.5. The summed E-state index contributed by atoms with van der Waals surface area (Å²) in [6.07, 6.45) is 18.0. The van der Waals surface area contributed by atoms with E-state index >= 15 is 0 Å². The van der Waals surface area contributed by atoms with E-state index in [-0.39, 0.29) is 36.4 Å². The third kappa shape index (κ3) is 22.5. The predicted molar refractivity (Wildman–Crippen MR) is 318 cm³/mol. The van der Waals surface area contributed by atoms with E-state index in [0.29, 0.717) is 100 Å². The molecule has 0 aliphatic heterocycles. The van der Waals surface area contributed by atoms with Gasteiger partial charge in [0.25, 0.3) is 0 Å². The molecule has 0 saturated heterocycles. The minimum atomic E-state index is -0.476. The molecule has 0 spiro atoms. The lowest BCUT2D eigenvalue weighted by atomic mass is 9.78. The molecule has 2 saturated carbocycles. The number of hydrogen-bond acceptors (Lipinski definition) is 19. The van der Waals surface area contributed by atoms with Crippen LogP contribution in [0.2, 0.25) is 0 Å². The van der Waals surface area contributed by atoms with Gasteiger partial charge in [0, 0.05) is 30.9 Å². The van der Waals surface area contributed by atoms with Gasteiger partial charge >= 0.3 is 17.9 Å². The number of esters is 3. The van der Waals surface area contributed by atoms with Crippen LogP contribution in [0.1, 0.15) is 133 Å². The number of para-hydroxylation sites is 1. The molecule has 1 aromatic heterocycles. The SMILES string of the molecule is C=CC(=O)OCCCCCCOc1ccc(OC2CCC(C(=O)Oc3ccc(OOCC4CCC(C(OO)c5ccc(OCCCCCCOC(=O)C=C)cc5)CC4)c(/C=N/N(CCCCO)c4nc5ccccc5s4)c3)CC2)cc1.C=O. The van der Waals surface area contributed by atoms with Gasteiger partial charge in [-0.15, -0.1) is 0 Å². The van der Waals surface area contributed by atoms with Crippen LogP contribution in [0.3, 0.4) is 0 Å². The average molecular weight is 1160 g/mol. The van der Waals surface area contributed by atoms with Gasteiger partial charge in [0.05, 0.1) is 61.5 Å². The molecule has 19 heteroatoms. The molecule has 2 aliphatic carbocycles. The zero-order chi connectivity index (χ0) is 58.9. The first-order chi connectivity index (χ1) is 40.7. The zero-order valence-electron chi connectivity index (χ0n) is 47.5. The monoisotopic (exact) mass is 1160 g/mol. The maximum Gasteiger partial charge on any atom is 0.330 e. The Labute approximate surface area is 491 Å². The van der Waals surface area contributed by atoms with Gasteiger partial charge in [-0.1, -0.05) is 48.8 Å². The van der Waals surface area contributed by atoms with E-state index in [1.54, 1.807) is 24.4 Å². The van der Waals surface area contributed by atoms with Crippen LogP contribution in [-0.2, 0) is 38.4 Å². The quantitative estimate of drug-likeness (QED) is 0.00724. The number of unbranched alkanes of at least 4 members (excludes halogenated alkanes) is 7. The summed E-state index contributed by atoms with van der Waals surface area (Å²) in [4.78, 5) is 66.0. The molecule has 18 nitrogen and oxygen atoms in total. The van der Waals surface area contributed by atoms with Gasteiger partial charge in [0.1, 0.15) is 35.9 Å². The van der Waals surface area contributed by atoms with E-state index in [1.165, 1.54) is 23.5 Å². The number of hydrogen-bond donors (Lipinski definition) is 2. The molecule has 448 valence electrons. The summed E-state index contributed by atoms with van der Waals surface area (Å²) in [5, 5.41) is 27.1. The number of anilines is 1. The Balaban J connectivity index is 0.00000547. The third-order valence-corrected chi connectivity index (χ3v) is 15.5. The van der Waals surface area contributed by atoms with E-state index in [1.807, 2.05) is 84.6 Å². The molecule has 4 aromatic carbocycles. The second kappa shape index (κ2) is 37.1. The van der Waals surface area contributed by atoms with Crippen molar-refractivity contribution in [3.63, 3.8) is 0 Å². The molecule has 1 atom stereocenters. The van der Waals surface area contributed by atoms with Crippen LogP contribution >= 0.6 is 11.3 Å². The van der Waals surface area contributed by atoms with Crippen molar-refractivity contribution in [1.29, 1.82) is 0 Å². The molecular formula is C64H81N3O15S. The third-order valence-electron chi connectivity index (χ3n) is 14.5. The van der Waals surface area contributed by atoms with Gasteiger partial charge < -0.3 is 43.2 Å². The molecule has 1 unspecified atom stereocenters. The van der Waals surface area contributed by atoms with Gasteiger partial charge in [-0.05, 0) is 200 Å². The molecule has 0 amide bonds.